The minimum Gasteiger partial charge on any atom is -0.467 e. The standard InChI is InChI=1S/C27H15F8N5O2/c1-42-25(41)23(40-10-9-19-21(12-40)37-24(36-19)15-3-2-4-17(28)22(15)29)20-8-7-18(38-39-20)14-6-5-13(26(30,31)32)11-16(14)27(33,34)35/h2-12,23H,1H3. The molecule has 0 spiro atoms. The quantitative estimate of drug-likeness (QED) is 0.169. The molecule has 0 amide bonds. The van der Waals surface area contributed by atoms with E-state index < -0.39 is 58.4 Å². The van der Waals surface area contributed by atoms with Gasteiger partial charge in [-0.1, -0.05) is 12.1 Å². The third-order valence-electron chi connectivity index (χ3n) is 6.20. The molecule has 42 heavy (non-hydrogen) atoms. The van der Waals surface area contributed by atoms with Gasteiger partial charge in [0.1, 0.15) is 5.69 Å². The summed E-state index contributed by atoms with van der Waals surface area (Å²) in [6.07, 6.45) is -7.40. The van der Waals surface area contributed by atoms with Crippen molar-refractivity contribution in [2.45, 2.75) is 18.4 Å². The lowest BCUT2D eigenvalue weighted by atomic mass is 10.00. The van der Waals surface area contributed by atoms with Crippen molar-refractivity contribution in [1.82, 2.24) is 24.7 Å². The molecule has 2 aliphatic rings. The number of hydrogen-bond donors (Lipinski definition) is 0. The Labute approximate surface area is 230 Å². The van der Waals surface area contributed by atoms with E-state index in [-0.39, 0.29) is 34.5 Å². The van der Waals surface area contributed by atoms with E-state index in [1.807, 2.05) is 0 Å². The maximum atomic E-state index is 14.3. The van der Waals surface area contributed by atoms with E-state index in [9.17, 15) is 39.9 Å². The lowest BCUT2D eigenvalue weighted by Gasteiger charge is -2.19. The van der Waals surface area contributed by atoms with Crippen molar-refractivity contribution < 1.29 is 44.7 Å². The summed E-state index contributed by atoms with van der Waals surface area (Å²) in [5.41, 5.74) is -3.93. The number of imidazole rings is 1. The van der Waals surface area contributed by atoms with E-state index >= 15 is 0 Å². The molecule has 1 atom stereocenters. The first-order valence-corrected chi connectivity index (χ1v) is 11.8. The summed E-state index contributed by atoms with van der Waals surface area (Å²) in [6, 6.07) is 6.97. The van der Waals surface area contributed by atoms with Gasteiger partial charge in [-0.25, -0.2) is 23.5 Å². The van der Waals surface area contributed by atoms with Gasteiger partial charge in [-0.3, -0.25) is 0 Å². The summed E-state index contributed by atoms with van der Waals surface area (Å²) >= 11 is 0. The number of carbonyl (C=O) groups excluding carboxylic acids is 1. The van der Waals surface area contributed by atoms with Gasteiger partial charge in [0.2, 0.25) is 0 Å². The average Bonchev–Trinajstić information content (AvgIpc) is 3.37. The number of methoxy groups -OCH3 is 1. The third kappa shape index (κ3) is 5.36. The average molecular weight is 593 g/mol. The maximum Gasteiger partial charge on any atom is 0.417 e. The monoisotopic (exact) mass is 593 g/mol. The Morgan fingerprint density at radius 3 is 2.21 bits per heavy atom. The van der Waals surface area contributed by atoms with Gasteiger partial charge < -0.3 is 9.30 Å². The fourth-order valence-corrected chi connectivity index (χ4v) is 4.20. The van der Waals surface area contributed by atoms with Crippen molar-refractivity contribution in [3.05, 3.63) is 95.4 Å². The van der Waals surface area contributed by atoms with E-state index in [1.165, 1.54) is 41.2 Å². The molecule has 15 heteroatoms. The normalized spacial score (nSPS) is 12.9. The minimum atomic E-state index is -5.13. The summed E-state index contributed by atoms with van der Waals surface area (Å²) in [7, 11) is 1.08. The molecule has 2 aliphatic heterocycles. The van der Waals surface area contributed by atoms with E-state index in [1.54, 1.807) is 0 Å². The van der Waals surface area contributed by atoms with Crippen LogP contribution in [-0.4, -0.2) is 37.8 Å². The van der Waals surface area contributed by atoms with E-state index in [0.717, 1.165) is 19.2 Å². The molecule has 0 radical (unpaired) electrons. The molecule has 0 aliphatic carbocycles. The highest BCUT2D eigenvalue weighted by Crippen LogP contribution is 2.40. The molecule has 0 bridgehead atoms. The first-order chi connectivity index (χ1) is 19.8. The van der Waals surface area contributed by atoms with Crippen molar-refractivity contribution in [2.24, 2.45) is 0 Å². The minimum absolute atomic E-state index is 0.0158. The number of carbonyl (C=O) groups is 1. The van der Waals surface area contributed by atoms with Crippen molar-refractivity contribution in [2.75, 3.05) is 7.11 Å². The fraction of sp³-hybridized carbons (Fsp3) is 0.148. The molecule has 0 fully saturated rings. The molecule has 1 aromatic heterocycles. The highest BCUT2D eigenvalue weighted by molar-refractivity contribution is 5.78. The molecule has 0 N–H and O–H groups in total. The molecule has 1 unspecified atom stereocenters. The predicted octanol–water partition coefficient (Wildman–Crippen LogP) is 6.59. The number of benzene rings is 2. The van der Waals surface area contributed by atoms with Gasteiger partial charge in [0.25, 0.3) is 0 Å². The first-order valence-electron chi connectivity index (χ1n) is 11.8. The van der Waals surface area contributed by atoms with E-state index in [4.69, 9.17) is 4.74 Å². The number of nitrogens with zero attached hydrogens (tertiary/aromatic N) is 5. The zero-order valence-electron chi connectivity index (χ0n) is 21.0. The Hall–Kier alpha value is -4.95. The van der Waals surface area contributed by atoms with Crippen molar-refractivity contribution in [3.8, 4) is 34.0 Å². The highest BCUT2D eigenvalue weighted by Gasteiger charge is 2.39. The van der Waals surface area contributed by atoms with Crippen LogP contribution in [0.25, 0.3) is 34.0 Å². The number of halogens is 8. The summed E-state index contributed by atoms with van der Waals surface area (Å²) in [5, 5.41) is 7.61. The summed E-state index contributed by atoms with van der Waals surface area (Å²) in [6.45, 7) is 0. The second-order valence-corrected chi connectivity index (χ2v) is 8.84. The smallest absolute Gasteiger partial charge is 0.417 e. The molecule has 7 nitrogen and oxygen atoms in total. The number of alkyl halides is 6. The molecular weight excluding hydrogens is 578 g/mol. The van der Waals surface area contributed by atoms with E-state index in [2.05, 4.69) is 20.2 Å². The van der Waals surface area contributed by atoms with Gasteiger partial charge in [-0.2, -0.15) is 36.5 Å². The van der Waals surface area contributed by atoms with Crippen molar-refractivity contribution in [1.29, 1.82) is 0 Å². The van der Waals surface area contributed by atoms with Crippen LogP contribution in [0.5, 0.6) is 0 Å². The number of aromatic nitrogens is 5. The molecule has 2 aromatic carbocycles. The third-order valence-corrected chi connectivity index (χ3v) is 6.20. The van der Waals surface area contributed by atoms with Gasteiger partial charge in [0.05, 0.1) is 40.9 Å². The van der Waals surface area contributed by atoms with Crippen molar-refractivity contribution in [3.63, 3.8) is 0 Å². The lowest BCUT2D eigenvalue weighted by molar-refractivity contribution is -0.144. The molecule has 0 saturated heterocycles. The summed E-state index contributed by atoms with van der Waals surface area (Å²) in [5.74, 6) is -3.22. The van der Waals surface area contributed by atoms with E-state index in [0.29, 0.717) is 12.1 Å². The zero-order valence-corrected chi connectivity index (χ0v) is 21.0. The lowest BCUT2D eigenvalue weighted by Crippen LogP contribution is -2.23. The predicted molar refractivity (Wildman–Crippen MR) is 130 cm³/mol. The Balaban J connectivity index is 1.53. The van der Waals surface area contributed by atoms with Crippen LogP contribution in [0.1, 0.15) is 22.9 Å². The molecular formula is C27H15F8N5O2. The van der Waals surface area contributed by atoms with Gasteiger partial charge in [-0.05, 0) is 42.5 Å². The van der Waals surface area contributed by atoms with Crippen molar-refractivity contribution >= 4 is 5.97 Å². The molecule has 3 aromatic rings. The largest absolute Gasteiger partial charge is 0.467 e. The Bertz CT molecular complexity index is 1750. The first kappa shape index (κ1) is 28.6. The second kappa shape index (κ2) is 10.5. The maximum absolute atomic E-state index is 14.3. The number of pyridine rings is 1. The van der Waals surface area contributed by atoms with Crippen LogP contribution in [0, 0.1) is 11.6 Å². The highest BCUT2D eigenvalue weighted by atomic mass is 19.4. The number of fused-ring (bicyclic) bond motifs is 1. The molecule has 216 valence electrons. The zero-order chi connectivity index (χ0) is 30.4. The van der Waals surface area contributed by atoms with Crippen LogP contribution >= 0.6 is 0 Å². The Morgan fingerprint density at radius 2 is 1.57 bits per heavy atom. The van der Waals surface area contributed by atoms with Gasteiger partial charge in [-0.15, -0.1) is 0 Å². The molecule has 0 saturated carbocycles. The summed E-state index contributed by atoms with van der Waals surface area (Å²) in [4.78, 5) is 21.1. The fourth-order valence-electron chi connectivity index (χ4n) is 4.20. The van der Waals surface area contributed by atoms with Crippen LogP contribution in [0.4, 0.5) is 35.1 Å². The second-order valence-electron chi connectivity index (χ2n) is 8.84. The van der Waals surface area contributed by atoms with Crippen LogP contribution < -0.4 is 0 Å². The molecule has 3 heterocycles. The van der Waals surface area contributed by atoms with Gasteiger partial charge in [0, 0.05) is 18.0 Å². The summed E-state index contributed by atoms with van der Waals surface area (Å²) < 4.78 is 114. The van der Waals surface area contributed by atoms with Crippen LogP contribution in [-0.2, 0) is 21.9 Å². The molecule has 5 rings (SSSR count). The Morgan fingerprint density at radius 1 is 0.833 bits per heavy atom. The number of esters is 1. The van der Waals surface area contributed by atoms with Gasteiger partial charge in [0.15, 0.2) is 23.5 Å². The van der Waals surface area contributed by atoms with Crippen LogP contribution in [0.15, 0.2) is 67.0 Å². The van der Waals surface area contributed by atoms with Gasteiger partial charge >= 0.3 is 18.3 Å². The SMILES string of the molecule is COC(=O)C(c1ccc(-c2ccc(C(F)(F)F)cc2C(F)(F)F)nn1)n1ccc2nc(-c3cccc(F)c3F)nc-2c1. The number of hydrogen-bond acceptors (Lipinski definition) is 6. The topological polar surface area (TPSA) is 82.8 Å². The number of rotatable bonds is 5. The van der Waals surface area contributed by atoms with Crippen LogP contribution in [0.2, 0.25) is 0 Å². The Kier molecular flexibility index (Phi) is 7.12. The number of ether oxygens (including phenoxy) is 1. The van der Waals surface area contributed by atoms with Crippen LogP contribution in [0.3, 0.4) is 0 Å².